The molecule has 2 N–H and O–H groups in total. The zero-order valence-electron chi connectivity index (χ0n) is 13.2. The summed E-state index contributed by atoms with van der Waals surface area (Å²) in [6.07, 6.45) is 5.00. The van der Waals surface area contributed by atoms with Crippen molar-refractivity contribution in [2.75, 3.05) is 5.32 Å². The van der Waals surface area contributed by atoms with Gasteiger partial charge in [-0.2, -0.15) is 0 Å². The molecule has 2 aliphatic rings. The molecule has 1 aliphatic heterocycles. The average molecular weight is 321 g/mol. The van der Waals surface area contributed by atoms with Gasteiger partial charge in [-0.25, -0.2) is 4.79 Å². The summed E-state index contributed by atoms with van der Waals surface area (Å²) in [5.74, 6) is 0.112. The topological polar surface area (TPSA) is 58.6 Å². The molecule has 4 heteroatoms. The van der Waals surface area contributed by atoms with Crippen molar-refractivity contribution < 1.29 is 14.6 Å². The van der Waals surface area contributed by atoms with E-state index in [1.54, 1.807) is 0 Å². The first kappa shape index (κ1) is 14.8. The molecule has 2 aromatic rings. The van der Waals surface area contributed by atoms with Gasteiger partial charge in [0.15, 0.2) is 0 Å². The maximum atomic E-state index is 11.7. The molecule has 0 radical (unpaired) electrons. The van der Waals surface area contributed by atoms with Crippen LogP contribution >= 0.6 is 0 Å². The van der Waals surface area contributed by atoms with Crippen LogP contribution in [-0.2, 0) is 11.4 Å². The van der Waals surface area contributed by atoms with Crippen LogP contribution in [0.15, 0.2) is 60.7 Å². The normalized spacial score (nSPS) is 23.9. The van der Waals surface area contributed by atoms with Crippen LogP contribution < -0.4 is 10.1 Å². The number of carboxylic acid groups (broad SMARTS) is 1. The third-order valence-electron chi connectivity index (χ3n) is 4.86. The van der Waals surface area contributed by atoms with Gasteiger partial charge in [-0.3, -0.25) is 0 Å². The Kier molecular flexibility index (Phi) is 3.73. The Balaban J connectivity index is 1.65. The average Bonchev–Trinajstić information content (AvgIpc) is 3.10. The molecular weight excluding hydrogens is 302 g/mol. The second-order valence-corrected chi connectivity index (χ2v) is 6.31. The van der Waals surface area contributed by atoms with Crippen molar-refractivity contribution in [1.29, 1.82) is 0 Å². The van der Waals surface area contributed by atoms with Gasteiger partial charge in [0.05, 0.1) is 5.69 Å². The summed E-state index contributed by atoms with van der Waals surface area (Å²) in [6, 6.07) is 15.3. The van der Waals surface area contributed by atoms with Crippen LogP contribution in [0, 0.1) is 5.92 Å². The maximum Gasteiger partial charge on any atom is 0.326 e. The number of hydrogen-bond acceptors (Lipinski definition) is 3. The molecule has 0 spiro atoms. The van der Waals surface area contributed by atoms with Gasteiger partial charge in [0.25, 0.3) is 0 Å². The molecule has 0 amide bonds. The van der Waals surface area contributed by atoms with Gasteiger partial charge in [-0.05, 0) is 23.6 Å². The number of benzene rings is 2. The predicted molar refractivity (Wildman–Crippen MR) is 92.3 cm³/mol. The lowest BCUT2D eigenvalue weighted by molar-refractivity contribution is -0.139. The molecule has 0 aromatic heterocycles. The van der Waals surface area contributed by atoms with Crippen molar-refractivity contribution in [3.8, 4) is 5.75 Å². The van der Waals surface area contributed by atoms with Crippen molar-refractivity contribution in [2.45, 2.75) is 25.0 Å². The fourth-order valence-corrected chi connectivity index (χ4v) is 3.69. The second kappa shape index (κ2) is 6.04. The Labute approximate surface area is 140 Å². The number of carbonyl (C=O) groups is 1. The van der Waals surface area contributed by atoms with Crippen molar-refractivity contribution in [3.63, 3.8) is 0 Å². The summed E-state index contributed by atoms with van der Waals surface area (Å²) < 4.78 is 5.99. The maximum absolute atomic E-state index is 11.7. The highest BCUT2D eigenvalue weighted by Crippen LogP contribution is 2.47. The molecule has 0 saturated carbocycles. The van der Waals surface area contributed by atoms with Gasteiger partial charge >= 0.3 is 5.97 Å². The van der Waals surface area contributed by atoms with E-state index in [0.29, 0.717) is 12.4 Å². The summed E-state index contributed by atoms with van der Waals surface area (Å²) in [4.78, 5) is 11.7. The Hall–Kier alpha value is -2.75. The van der Waals surface area contributed by atoms with E-state index in [1.807, 2.05) is 42.5 Å². The lowest BCUT2D eigenvalue weighted by atomic mass is 9.79. The van der Waals surface area contributed by atoms with E-state index >= 15 is 0 Å². The number of allylic oxidation sites excluding steroid dienone is 2. The van der Waals surface area contributed by atoms with Gasteiger partial charge in [0.1, 0.15) is 18.4 Å². The molecule has 1 aliphatic carbocycles. The molecule has 24 heavy (non-hydrogen) atoms. The summed E-state index contributed by atoms with van der Waals surface area (Å²) in [7, 11) is 0. The van der Waals surface area contributed by atoms with Crippen LogP contribution in [-0.4, -0.2) is 17.1 Å². The van der Waals surface area contributed by atoms with E-state index in [0.717, 1.165) is 23.2 Å². The van der Waals surface area contributed by atoms with E-state index < -0.39 is 12.0 Å². The Morgan fingerprint density at radius 2 is 2.00 bits per heavy atom. The second-order valence-electron chi connectivity index (χ2n) is 6.31. The van der Waals surface area contributed by atoms with Crippen LogP contribution in [0.5, 0.6) is 5.75 Å². The molecule has 4 rings (SSSR count). The number of fused-ring (bicyclic) bond motifs is 3. The first-order valence-electron chi connectivity index (χ1n) is 8.19. The Morgan fingerprint density at radius 3 is 2.79 bits per heavy atom. The fraction of sp³-hybridized carbons (Fsp3) is 0.250. The monoisotopic (exact) mass is 321 g/mol. The van der Waals surface area contributed by atoms with Crippen molar-refractivity contribution in [1.82, 2.24) is 0 Å². The van der Waals surface area contributed by atoms with Gasteiger partial charge in [0, 0.05) is 11.8 Å². The SMILES string of the molecule is O=C(O)C1Nc2c(OCc3ccccc3)cccc2C2C=CCC12. The Morgan fingerprint density at radius 1 is 1.17 bits per heavy atom. The summed E-state index contributed by atoms with van der Waals surface area (Å²) in [5, 5.41) is 12.8. The zero-order valence-corrected chi connectivity index (χ0v) is 13.2. The van der Waals surface area contributed by atoms with Crippen LogP contribution in [0.2, 0.25) is 0 Å². The number of rotatable bonds is 4. The number of aliphatic carboxylic acids is 1. The molecule has 0 fully saturated rings. The van der Waals surface area contributed by atoms with Crippen molar-refractivity contribution >= 4 is 11.7 Å². The van der Waals surface area contributed by atoms with Crippen molar-refractivity contribution in [2.24, 2.45) is 5.92 Å². The van der Waals surface area contributed by atoms with Gasteiger partial charge < -0.3 is 15.2 Å². The number of para-hydroxylation sites is 1. The molecule has 4 nitrogen and oxygen atoms in total. The lowest BCUT2D eigenvalue weighted by Gasteiger charge is -2.35. The fourth-order valence-electron chi connectivity index (χ4n) is 3.69. The van der Waals surface area contributed by atoms with Crippen molar-refractivity contribution in [3.05, 3.63) is 71.8 Å². The van der Waals surface area contributed by atoms with Crippen LogP contribution in [0.4, 0.5) is 5.69 Å². The van der Waals surface area contributed by atoms with E-state index in [4.69, 9.17) is 4.74 Å². The first-order chi connectivity index (χ1) is 11.7. The molecule has 3 unspecified atom stereocenters. The highest BCUT2D eigenvalue weighted by Gasteiger charge is 2.41. The lowest BCUT2D eigenvalue weighted by Crippen LogP contribution is -2.41. The van der Waals surface area contributed by atoms with E-state index in [-0.39, 0.29) is 11.8 Å². The number of ether oxygens (including phenoxy) is 1. The smallest absolute Gasteiger partial charge is 0.326 e. The minimum absolute atomic E-state index is 0.0689. The third-order valence-corrected chi connectivity index (χ3v) is 4.86. The van der Waals surface area contributed by atoms with Crippen LogP contribution in [0.1, 0.15) is 23.5 Å². The largest absolute Gasteiger partial charge is 0.487 e. The van der Waals surface area contributed by atoms with E-state index in [2.05, 4.69) is 23.5 Å². The summed E-state index contributed by atoms with van der Waals surface area (Å²) >= 11 is 0. The quantitative estimate of drug-likeness (QED) is 0.841. The summed E-state index contributed by atoms with van der Waals surface area (Å²) in [6.45, 7) is 0.459. The van der Waals surface area contributed by atoms with Crippen LogP contribution in [0.3, 0.4) is 0 Å². The molecule has 1 heterocycles. The van der Waals surface area contributed by atoms with E-state index in [9.17, 15) is 9.90 Å². The summed E-state index contributed by atoms with van der Waals surface area (Å²) in [5.41, 5.74) is 3.02. The molecule has 0 saturated heterocycles. The highest BCUT2D eigenvalue weighted by atomic mass is 16.5. The number of hydrogen-bond donors (Lipinski definition) is 2. The molecule has 3 atom stereocenters. The number of anilines is 1. The molecule has 2 aromatic carbocycles. The van der Waals surface area contributed by atoms with Crippen LogP contribution in [0.25, 0.3) is 0 Å². The van der Waals surface area contributed by atoms with Gasteiger partial charge in [-0.1, -0.05) is 54.6 Å². The third kappa shape index (κ3) is 2.54. The predicted octanol–water partition coefficient (Wildman–Crippen LogP) is 3.80. The molecule has 0 bridgehead atoms. The zero-order chi connectivity index (χ0) is 16.5. The minimum Gasteiger partial charge on any atom is -0.487 e. The Bertz CT molecular complexity index is 785. The van der Waals surface area contributed by atoms with Gasteiger partial charge in [0.2, 0.25) is 0 Å². The number of carboxylic acids is 1. The molecular formula is C20H19NO3. The minimum atomic E-state index is -0.808. The van der Waals surface area contributed by atoms with Gasteiger partial charge in [-0.15, -0.1) is 0 Å². The van der Waals surface area contributed by atoms with E-state index in [1.165, 1.54) is 0 Å². The number of nitrogens with one attached hydrogen (secondary N) is 1. The molecule has 122 valence electrons. The standard InChI is InChI=1S/C20H19NO3/c22-20(23)19-16-9-4-8-14(16)15-10-5-11-17(18(15)21-19)24-12-13-6-2-1-3-7-13/h1-8,10-11,14,16,19,21H,9,12H2,(H,22,23). The first-order valence-corrected chi connectivity index (χ1v) is 8.19. The highest BCUT2D eigenvalue weighted by molar-refractivity contribution is 5.82.